The number of carboxylic acid groups (broad SMARTS) is 1. The molecule has 106 valence electrons. The SMILES string of the molecule is O=C(O)Cc1ccc(S(=O)(=O)Nc2ccc(Br)cn2)s1. The number of halogens is 1. The Bertz CT molecular complexity index is 725. The lowest BCUT2D eigenvalue weighted by Gasteiger charge is -2.04. The topological polar surface area (TPSA) is 96.4 Å². The van der Waals surface area contributed by atoms with Crippen molar-refractivity contribution in [2.75, 3.05) is 4.72 Å². The molecular formula is C11H9BrN2O4S2. The van der Waals surface area contributed by atoms with Crippen LogP contribution in [0.15, 0.2) is 39.1 Å². The number of carbonyl (C=O) groups is 1. The second-order valence-electron chi connectivity index (χ2n) is 3.76. The summed E-state index contributed by atoms with van der Waals surface area (Å²) in [4.78, 5) is 15.0. The molecule has 2 N–H and O–H groups in total. The molecule has 6 nitrogen and oxygen atoms in total. The first-order chi connectivity index (χ1) is 9.37. The van der Waals surface area contributed by atoms with Crippen molar-refractivity contribution in [3.05, 3.63) is 39.8 Å². The Morgan fingerprint density at radius 2 is 2.10 bits per heavy atom. The molecule has 0 aliphatic rings. The summed E-state index contributed by atoms with van der Waals surface area (Å²) in [6, 6.07) is 6.05. The summed E-state index contributed by atoms with van der Waals surface area (Å²) < 4.78 is 27.3. The molecule has 2 heterocycles. The van der Waals surface area contributed by atoms with Crippen LogP contribution in [0.4, 0.5) is 5.82 Å². The fraction of sp³-hybridized carbons (Fsp3) is 0.0909. The Morgan fingerprint density at radius 3 is 2.70 bits per heavy atom. The van der Waals surface area contributed by atoms with Gasteiger partial charge in [0.25, 0.3) is 10.0 Å². The summed E-state index contributed by atoms with van der Waals surface area (Å²) in [6.07, 6.45) is 1.28. The normalized spacial score (nSPS) is 11.2. The zero-order chi connectivity index (χ0) is 14.8. The maximum absolute atomic E-state index is 12.1. The van der Waals surface area contributed by atoms with E-state index in [0.29, 0.717) is 4.88 Å². The van der Waals surface area contributed by atoms with Crippen LogP contribution in [0.25, 0.3) is 0 Å². The molecule has 0 atom stereocenters. The number of sulfonamides is 1. The average Bonchev–Trinajstić information content (AvgIpc) is 2.80. The predicted molar refractivity (Wildman–Crippen MR) is 78.4 cm³/mol. The van der Waals surface area contributed by atoms with Gasteiger partial charge in [0.15, 0.2) is 0 Å². The minimum absolute atomic E-state index is 0.0541. The number of aromatic nitrogens is 1. The van der Waals surface area contributed by atoms with Crippen molar-refractivity contribution in [3.8, 4) is 0 Å². The fourth-order valence-electron chi connectivity index (χ4n) is 1.37. The smallest absolute Gasteiger partial charge is 0.308 e. The average molecular weight is 377 g/mol. The Morgan fingerprint density at radius 1 is 1.35 bits per heavy atom. The minimum Gasteiger partial charge on any atom is -0.481 e. The van der Waals surface area contributed by atoms with Gasteiger partial charge in [0.1, 0.15) is 10.0 Å². The summed E-state index contributed by atoms with van der Waals surface area (Å²) in [7, 11) is -3.74. The molecule has 0 radical (unpaired) electrons. The Labute approximate surface area is 127 Å². The van der Waals surface area contributed by atoms with Crippen molar-refractivity contribution in [1.82, 2.24) is 4.98 Å². The molecule has 0 saturated carbocycles. The van der Waals surface area contributed by atoms with Gasteiger partial charge in [0.05, 0.1) is 6.42 Å². The molecule has 2 aromatic heterocycles. The lowest BCUT2D eigenvalue weighted by molar-refractivity contribution is -0.136. The summed E-state index contributed by atoms with van der Waals surface area (Å²) >= 11 is 4.13. The number of nitrogens with zero attached hydrogens (tertiary/aromatic N) is 1. The number of anilines is 1. The van der Waals surface area contributed by atoms with Crippen molar-refractivity contribution in [2.24, 2.45) is 0 Å². The summed E-state index contributed by atoms with van der Waals surface area (Å²) in [6.45, 7) is 0. The zero-order valence-corrected chi connectivity index (χ0v) is 13.1. The third-order valence-corrected chi connectivity index (χ3v) is 5.59. The quantitative estimate of drug-likeness (QED) is 0.834. The fourth-order valence-corrected chi connectivity index (χ4v) is 3.96. The predicted octanol–water partition coefficient (Wildman–Crippen LogP) is 2.33. The summed E-state index contributed by atoms with van der Waals surface area (Å²) in [5.41, 5.74) is 0. The van der Waals surface area contributed by atoms with E-state index in [0.717, 1.165) is 15.8 Å². The molecule has 0 saturated heterocycles. The van der Waals surface area contributed by atoms with Crippen LogP contribution in [-0.4, -0.2) is 24.5 Å². The van der Waals surface area contributed by atoms with E-state index in [2.05, 4.69) is 25.6 Å². The van der Waals surface area contributed by atoms with Gasteiger partial charge >= 0.3 is 5.97 Å². The molecule has 2 rings (SSSR count). The lowest BCUT2D eigenvalue weighted by Crippen LogP contribution is -2.12. The second-order valence-corrected chi connectivity index (χ2v) is 7.75. The maximum atomic E-state index is 12.1. The molecule has 2 aromatic rings. The van der Waals surface area contributed by atoms with Gasteiger partial charge in [-0.25, -0.2) is 13.4 Å². The molecule has 0 amide bonds. The van der Waals surface area contributed by atoms with E-state index < -0.39 is 16.0 Å². The highest BCUT2D eigenvalue weighted by Gasteiger charge is 2.18. The van der Waals surface area contributed by atoms with E-state index >= 15 is 0 Å². The molecule has 9 heteroatoms. The largest absolute Gasteiger partial charge is 0.481 e. The first-order valence-electron chi connectivity index (χ1n) is 5.32. The third-order valence-electron chi connectivity index (χ3n) is 2.19. The van der Waals surface area contributed by atoms with Crippen molar-refractivity contribution in [3.63, 3.8) is 0 Å². The van der Waals surface area contributed by atoms with Gasteiger partial charge in [-0.15, -0.1) is 11.3 Å². The number of rotatable bonds is 5. The number of pyridine rings is 1. The monoisotopic (exact) mass is 376 g/mol. The van der Waals surface area contributed by atoms with Gasteiger partial charge in [-0.05, 0) is 40.2 Å². The molecule has 0 unspecified atom stereocenters. The van der Waals surface area contributed by atoms with E-state index in [1.165, 1.54) is 24.4 Å². The lowest BCUT2D eigenvalue weighted by atomic mass is 10.3. The first kappa shape index (κ1) is 14.9. The summed E-state index contributed by atoms with van der Waals surface area (Å²) in [5, 5.41) is 8.67. The van der Waals surface area contributed by atoms with Gasteiger partial charge in [-0.2, -0.15) is 0 Å². The zero-order valence-electron chi connectivity index (χ0n) is 9.91. The van der Waals surface area contributed by atoms with E-state index in [1.54, 1.807) is 6.07 Å². The van der Waals surface area contributed by atoms with Crippen LogP contribution in [-0.2, 0) is 21.2 Å². The van der Waals surface area contributed by atoms with Crippen LogP contribution in [0, 0.1) is 0 Å². The molecule has 0 aliphatic carbocycles. The van der Waals surface area contributed by atoms with Crippen LogP contribution in [0.5, 0.6) is 0 Å². The van der Waals surface area contributed by atoms with Crippen molar-refractivity contribution in [2.45, 2.75) is 10.6 Å². The van der Waals surface area contributed by atoms with Gasteiger partial charge in [-0.1, -0.05) is 0 Å². The van der Waals surface area contributed by atoms with E-state index in [-0.39, 0.29) is 16.4 Å². The van der Waals surface area contributed by atoms with E-state index in [4.69, 9.17) is 5.11 Å². The van der Waals surface area contributed by atoms with Gasteiger partial charge in [0, 0.05) is 15.5 Å². The van der Waals surface area contributed by atoms with Crippen LogP contribution >= 0.6 is 27.3 Å². The summed E-state index contributed by atoms with van der Waals surface area (Å²) in [5.74, 6) is -0.806. The van der Waals surface area contributed by atoms with Crippen LogP contribution in [0.3, 0.4) is 0 Å². The molecule has 0 bridgehead atoms. The Balaban J connectivity index is 2.19. The van der Waals surface area contributed by atoms with Gasteiger partial charge in [0.2, 0.25) is 0 Å². The van der Waals surface area contributed by atoms with Gasteiger partial charge < -0.3 is 5.11 Å². The number of carboxylic acids is 1. The van der Waals surface area contributed by atoms with Crippen molar-refractivity contribution >= 4 is 49.1 Å². The van der Waals surface area contributed by atoms with Crippen LogP contribution in [0.1, 0.15) is 4.88 Å². The minimum atomic E-state index is -3.74. The molecule has 0 fully saturated rings. The third kappa shape index (κ3) is 3.78. The highest BCUT2D eigenvalue weighted by atomic mass is 79.9. The Kier molecular flexibility index (Phi) is 4.41. The number of aliphatic carboxylic acids is 1. The molecule has 0 aliphatic heterocycles. The number of thiophene rings is 1. The number of nitrogens with one attached hydrogen (secondary N) is 1. The number of hydrogen-bond donors (Lipinski definition) is 2. The first-order valence-corrected chi connectivity index (χ1v) is 8.41. The van der Waals surface area contributed by atoms with E-state index in [9.17, 15) is 13.2 Å². The van der Waals surface area contributed by atoms with Crippen molar-refractivity contribution < 1.29 is 18.3 Å². The molecular weight excluding hydrogens is 368 g/mol. The second kappa shape index (κ2) is 5.90. The molecule has 0 aromatic carbocycles. The van der Waals surface area contributed by atoms with Gasteiger partial charge in [-0.3, -0.25) is 9.52 Å². The molecule has 0 spiro atoms. The van der Waals surface area contributed by atoms with Crippen molar-refractivity contribution in [1.29, 1.82) is 0 Å². The van der Waals surface area contributed by atoms with Crippen LogP contribution < -0.4 is 4.72 Å². The maximum Gasteiger partial charge on any atom is 0.308 e. The van der Waals surface area contributed by atoms with Crippen LogP contribution in [0.2, 0.25) is 0 Å². The number of hydrogen-bond acceptors (Lipinski definition) is 5. The molecule has 20 heavy (non-hydrogen) atoms. The Hall–Kier alpha value is -1.45. The standard InChI is InChI=1S/C11H9BrN2O4S2/c12-7-1-3-9(13-6-7)14-20(17,18)11-4-2-8(19-11)5-10(15)16/h1-4,6H,5H2,(H,13,14)(H,15,16). The highest BCUT2D eigenvalue weighted by molar-refractivity contribution is 9.10. The van der Waals surface area contributed by atoms with E-state index in [1.807, 2.05) is 0 Å². The highest BCUT2D eigenvalue weighted by Crippen LogP contribution is 2.24.